The Bertz CT molecular complexity index is 870. The minimum absolute atomic E-state index is 0.0851. The molecule has 0 saturated carbocycles. The van der Waals surface area contributed by atoms with Gasteiger partial charge in [-0.25, -0.2) is 0 Å². The van der Waals surface area contributed by atoms with E-state index < -0.39 is 0 Å². The molecule has 0 aliphatic carbocycles. The molecule has 1 aliphatic rings. The number of H-pyrrole nitrogens is 1. The molecular formula is C22H23N3O2. The van der Waals surface area contributed by atoms with Crippen LogP contribution in [0.2, 0.25) is 0 Å². The van der Waals surface area contributed by atoms with Gasteiger partial charge >= 0.3 is 0 Å². The summed E-state index contributed by atoms with van der Waals surface area (Å²) in [7, 11) is 0. The first-order chi connectivity index (χ1) is 13.3. The summed E-state index contributed by atoms with van der Waals surface area (Å²) in [5.41, 5.74) is 3.89. The summed E-state index contributed by atoms with van der Waals surface area (Å²) in [6, 6.07) is 17.9. The Labute approximate surface area is 159 Å². The highest BCUT2D eigenvalue weighted by molar-refractivity contribution is 5.95. The second kappa shape index (κ2) is 8.18. The fraction of sp³-hybridized carbons (Fsp3) is 0.273. The Morgan fingerprint density at radius 3 is 2.63 bits per heavy atom. The van der Waals surface area contributed by atoms with Crippen LogP contribution in [-0.2, 0) is 11.3 Å². The van der Waals surface area contributed by atoms with Gasteiger partial charge in [0.15, 0.2) is 0 Å². The van der Waals surface area contributed by atoms with Crippen LogP contribution in [0.1, 0.15) is 28.8 Å². The van der Waals surface area contributed by atoms with Crippen molar-refractivity contribution in [2.45, 2.75) is 25.6 Å². The van der Waals surface area contributed by atoms with Crippen molar-refractivity contribution in [2.24, 2.45) is 0 Å². The second-order valence-electron chi connectivity index (χ2n) is 6.86. The Kier molecular flexibility index (Phi) is 5.30. The third-order valence-corrected chi connectivity index (χ3v) is 5.00. The summed E-state index contributed by atoms with van der Waals surface area (Å²) >= 11 is 0. The van der Waals surface area contributed by atoms with E-state index in [1.807, 2.05) is 53.6 Å². The van der Waals surface area contributed by atoms with Gasteiger partial charge in [0.25, 0.3) is 5.91 Å². The number of hydrogen-bond acceptors (Lipinski definition) is 3. The van der Waals surface area contributed by atoms with Gasteiger partial charge in [0, 0.05) is 30.4 Å². The molecule has 4 rings (SSSR count). The van der Waals surface area contributed by atoms with Gasteiger partial charge in [-0.1, -0.05) is 42.5 Å². The minimum atomic E-state index is 0.0851. The molecule has 0 radical (unpaired) electrons. The van der Waals surface area contributed by atoms with Gasteiger partial charge in [-0.05, 0) is 36.1 Å². The molecule has 1 fully saturated rings. The monoisotopic (exact) mass is 361 g/mol. The van der Waals surface area contributed by atoms with Crippen LogP contribution in [0.4, 0.5) is 0 Å². The van der Waals surface area contributed by atoms with E-state index in [2.05, 4.69) is 22.3 Å². The Hall–Kier alpha value is -2.92. The van der Waals surface area contributed by atoms with E-state index in [0.717, 1.165) is 42.6 Å². The summed E-state index contributed by atoms with van der Waals surface area (Å²) < 4.78 is 6.02. The van der Waals surface area contributed by atoms with Gasteiger partial charge in [0.2, 0.25) is 0 Å². The van der Waals surface area contributed by atoms with E-state index in [1.165, 1.54) is 5.56 Å². The summed E-state index contributed by atoms with van der Waals surface area (Å²) in [4.78, 5) is 14.8. The molecule has 27 heavy (non-hydrogen) atoms. The molecule has 1 amide bonds. The van der Waals surface area contributed by atoms with Crippen LogP contribution in [0.25, 0.3) is 11.1 Å². The summed E-state index contributed by atoms with van der Waals surface area (Å²) in [5, 5.41) is 6.79. The number of likely N-dealkylation sites (tertiary alicyclic amines) is 1. The molecule has 1 saturated heterocycles. The topological polar surface area (TPSA) is 58.2 Å². The highest BCUT2D eigenvalue weighted by Gasteiger charge is 2.24. The molecule has 1 N–H and O–H groups in total. The van der Waals surface area contributed by atoms with Crippen molar-refractivity contribution in [1.82, 2.24) is 15.1 Å². The van der Waals surface area contributed by atoms with E-state index in [-0.39, 0.29) is 12.0 Å². The minimum Gasteiger partial charge on any atom is -0.373 e. The van der Waals surface area contributed by atoms with Gasteiger partial charge in [-0.2, -0.15) is 5.10 Å². The van der Waals surface area contributed by atoms with Crippen molar-refractivity contribution < 1.29 is 9.53 Å². The van der Waals surface area contributed by atoms with Crippen molar-refractivity contribution in [3.8, 4) is 11.1 Å². The molecule has 0 unspecified atom stereocenters. The summed E-state index contributed by atoms with van der Waals surface area (Å²) in [5.74, 6) is 0.0851. The van der Waals surface area contributed by atoms with Crippen molar-refractivity contribution in [1.29, 1.82) is 0 Å². The molecule has 2 heterocycles. The highest BCUT2D eigenvalue weighted by atomic mass is 16.5. The molecule has 5 heteroatoms. The maximum absolute atomic E-state index is 12.9. The van der Waals surface area contributed by atoms with Gasteiger partial charge < -0.3 is 9.64 Å². The van der Waals surface area contributed by atoms with Crippen molar-refractivity contribution in [2.75, 3.05) is 13.1 Å². The molecule has 138 valence electrons. The zero-order chi connectivity index (χ0) is 18.5. The average Bonchev–Trinajstić information content (AvgIpc) is 3.28. The van der Waals surface area contributed by atoms with E-state index in [1.54, 1.807) is 6.20 Å². The van der Waals surface area contributed by atoms with Crippen molar-refractivity contribution in [3.05, 3.63) is 78.1 Å². The fourth-order valence-corrected chi connectivity index (χ4v) is 3.44. The van der Waals surface area contributed by atoms with Gasteiger partial charge in [0.1, 0.15) is 0 Å². The van der Waals surface area contributed by atoms with Crippen molar-refractivity contribution in [3.63, 3.8) is 0 Å². The Morgan fingerprint density at radius 2 is 1.89 bits per heavy atom. The first-order valence-electron chi connectivity index (χ1n) is 9.33. The number of piperidine rings is 1. The zero-order valence-electron chi connectivity index (χ0n) is 15.2. The third kappa shape index (κ3) is 4.26. The number of amides is 1. The van der Waals surface area contributed by atoms with E-state index in [0.29, 0.717) is 6.61 Å². The van der Waals surface area contributed by atoms with E-state index >= 15 is 0 Å². The number of carbonyl (C=O) groups excluding carboxylic acids is 1. The van der Waals surface area contributed by atoms with Crippen LogP contribution < -0.4 is 0 Å². The fourth-order valence-electron chi connectivity index (χ4n) is 3.44. The van der Waals surface area contributed by atoms with Gasteiger partial charge in [-0.3, -0.25) is 9.89 Å². The molecule has 0 atom stereocenters. The number of carbonyl (C=O) groups is 1. The van der Waals surface area contributed by atoms with Crippen molar-refractivity contribution >= 4 is 5.91 Å². The molecule has 0 bridgehead atoms. The van der Waals surface area contributed by atoms with Crippen LogP contribution in [0, 0.1) is 0 Å². The number of hydrogen-bond donors (Lipinski definition) is 1. The van der Waals surface area contributed by atoms with Crippen LogP contribution in [0.15, 0.2) is 67.0 Å². The normalized spacial score (nSPS) is 15.0. The van der Waals surface area contributed by atoms with Crippen LogP contribution >= 0.6 is 0 Å². The smallest absolute Gasteiger partial charge is 0.253 e. The first kappa shape index (κ1) is 17.5. The van der Waals surface area contributed by atoms with Crippen LogP contribution in [0.5, 0.6) is 0 Å². The third-order valence-electron chi connectivity index (χ3n) is 5.00. The van der Waals surface area contributed by atoms with E-state index in [9.17, 15) is 4.79 Å². The molecule has 2 aromatic carbocycles. The molecule has 1 aromatic heterocycles. The lowest BCUT2D eigenvalue weighted by Gasteiger charge is -2.32. The van der Waals surface area contributed by atoms with E-state index in [4.69, 9.17) is 4.74 Å². The lowest BCUT2D eigenvalue weighted by atomic mass is 10.0. The number of benzene rings is 2. The molecule has 0 spiro atoms. The Morgan fingerprint density at radius 1 is 1.07 bits per heavy atom. The second-order valence-corrected chi connectivity index (χ2v) is 6.86. The molecule has 3 aromatic rings. The highest BCUT2D eigenvalue weighted by Crippen LogP contribution is 2.22. The van der Waals surface area contributed by atoms with Crippen LogP contribution in [-0.4, -0.2) is 40.2 Å². The lowest BCUT2D eigenvalue weighted by molar-refractivity contribution is -0.000378. The van der Waals surface area contributed by atoms with Gasteiger partial charge in [0.05, 0.1) is 18.9 Å². The number of rotatable bonds is 5. The summed E-state index contributed by atoms with van der Waals surface area (Å²) in [6.45, 7) is 2.09. The number of aromatic nitrogens is 2. The summed E-state index contributed by atoms with van der Waals surface area (Å²) in [6.07, 6.45) is 5.56. The molecule has 5 nitrogen and oxygen atoms in total. The maximum atomic E-state index is 12.9. The number of ether oxygens (including phenoxy) is 1. The lowest BCUT2D eigenvalue weighted by Crippen LogP contribution is -2.40. The van der Waals surface area contributed by atoms with Crippen LogP contribution in [0.3, 0.4) is 0 Å². The molecular weight excluding hydrogens is 338 g/mol. The maximum Gasteiger partial charge on any atom is 0.253 e. The number of nitrogens with one attached hydrogen (secondary N) is 1. The SMILES string of the molecule is O=C(c1cccc(-c2cn[nH]c2)c1)N1CCC(OCc2ccccc2)CC1. The number of aromatic amines is 1. The Balaban J connectivity index is 1.33. The quantitative estimate of drug-likeness (QED) is 0.750. The predicted octanol–water partition coefficient (Wildman–Crippen LogP) is 3.90. The number of nitrogens with zero attached hydrogens (tertiary/aromatic N) is 2. The predicted molar refractivity (Wildman–Crippen MR) is 104 cm³/mol. The molecule has 1 aliphatic heterocycles. The van der Waals surface area contributed by atoms with Gasteiger partial charge in [-0.15, -0.1) is 0 Å². The average molecular weight is 361 g/mol. The first-order valence-corrected chi connectivity index (χ1v) is 9.33. The zero-order valence-corrected chi connectivity index (χ0v) is 15.2. The largest absolute Gasteiger partial charge is 0.373 e. The standard InChI is InChI=1S/C22H23N3O2/c26-22(19-8-4-7-18(13-19)20-14-23-24-15-20)25-11-9-21(10-12-25)27-16-17-5-2-1-3-6-17/h1-8,13-15,21H,9-12,16H2,(H,23,24).